The largest absolute Gasteiger partial charge is 0.370 e. The maximum absolute atomic E-state index is 12.3. The van der Waals surface area contributed by atoms with Gasteiger partial charge in [0.05, 0.1) is 27.4 Å². The Kier molecular flexibility index (Phi) is 5.29. The molecular formula is C21H22N4O4S. The number of hydrogen-bond donors (Lipinski definition) is 1. The Hall–Kier alpha value is -3.20. The van der Waals surface area contributed by atoms with Crippen molar-refractivity contribution in [1.82, 2.24) is 9.97 Å². The molecule has 2 heterocycles. The molecule has 9 heteroatoms. The van der Waals surface area contributed by atoms with E-state index in [0.717, 1.165) is 42.2 Å². The van der Waals surface area contributed by atoms with Gasteiger partial charge in [-0.05, 0) is 24.5 Å². The molecule has 0 saturated carbocycles. The van der Waals surface area contributed by atoms with Crippen LogP contribution in [0.2, 0.25) is 0 Å². The molecule has 0 bridgehead atoms. The van der Waals surface area contributed by atoms with E-state index in [0.29, 0.717) is 18.8 Å². The van der Waals surface area contributed by atoms with Crippen LogP contribution in [0.25, 0.3) is 11.3 Å². The lowest BCUT2D eigenvalue weighted by Crippen LogP contribution is -2.35. The Balaban J connectivity index is 1.62. The van der Waals surface area contributed by atoms with Gasteiger partial charge in [-0.1, -0.05) is 30.3 Å². The number of aromatic amines is 1. The van der Waals surface area contributed by atoms with Gasteiger partial charge >= 0.3 is 0 Å². The molecule has 1 aliphatic rings. The summed E-state index contributed by atoms with van der Waals surface area (Å²) in [5, 5.41) is 11.1. The zero-order valence-electron chi connectivity index (χ0n) is 16.5. The summed E-state index contributed by atoms with van der Waals surface area (Å²) in [7, 11) is -3.62. The molecule has 3 aromatic rings. The van der Waals surface area contributed by atoms with Crippen molar-refractivity contribution < 1.29 is 13.3 Å². The lowest BCUT2D eigenvalue weighted by molar-refractivity contribution is -0.385. The number of nitro benzene ring substituents is 1. The predicted molar refractivity (Wildman–Crippen MR) is 114 cm³/mol. The van der Waals surface area contributed by atoms with Crippen LogP contribution in [0.15, 0.2) is 59.6 Å². The summed E-state index contributed by atoms with van der Waals surface area (Å²) >= 11 is 0. The van der Waals surface area contributed by atoms with Crippen LogP contribution in [-0.4, -0.2) is 42.7 Å². The maximum atomic E-state index is 12.3. The zero-order chi connectivity index (χ0) is 21.3. The van der Waals surface area contributed by atoms with Crippen molar-refractivity contribution in [3.8, 4) is 11.3 Å². The molecule has 4 rings (SSSR count). The molecule has 1 fully saturated rings. The normalized spacial score (nSPS) is 17.1. The predicted octanol–water partition coefficient (Wildman–Crippen LogP) is 3.77. The van der Waals surface area contributed by atoms with Crippen molar-refractivity contribution >= 4 is 21.2 Å². The van der Waals surface area contributed by atoms with Gasteiger partial charge in [0.15, 0.2) is 9.84 Å². The van der Waals surface area contributed by atoms with Crippen LogP contribution < -0.4 is 4.90 Å². The minimum Gasteiger partial charge on any atom is -0.370 e. The Morgan fingerprint density at radius 1 is 1.20 bits per heavy atom. The van der Waals surface area contributed by atoms with Gasteiger partial charge in [-0.25, -0.2) is 13.4 Å². The molecule has 156 valence electrons. The Bertz CT molecular complexity index is 1170. The number of H-pyrrole nitrogens is 1. The van der Waals surface area contributed by atoms with Crippen molar-refractivity contribution in [2.75, 3.05) is 24.2 Å². The number of hydrogen-bond acceptors (Lipinski definition) is 6. The van der Waals surface area contributed by atoms with Gasteiger partial charge in [0, 0.05) is 37.4 Å². The molecule has 30 heavy (non-hydrogen) atoms. The third kappa shape index (κ3) is 4.06. The van der Waals surface area contributed by atoms with Crippen molar-refractivity contribution in [1.29, 1.82) is 0 Å². The first kappa shape index (κ1) is 20.1. The highest BCUT2D eigenvalue weighted by atomic mass is 32.2. The number of anilines is 1. The third-order valence-corrected chi connectivity index (χ3v) is 6.51. The van der Waals surface area contributed by atoms with E-state index in [-0.39, 0.29) is 16.5 Å². The summed E-state index contributed by atoms with van der Waals surface area (Å²) in [5.41, 5.74) is 2.27. The molecule has 1 aliphatic heterocycles. The summed E-state index contributed by atoms with van der Waals surface area (Å²) in [6.07, 6.45) is 4.69. The second kappa shape index (κ2) is 7.91. The van der Waals surface area contributed by atoms with E-state index in [1.165, 1.54) is 12.1 Å². The molecule has 0 spiro atoms. The number of piperidine rings is 1. The molecule has 8 nitrogen and oxygen atoms in total. The topological polar surface area (TPSA) is 109 Å². The first-order valence-corrected chi connectivity index (χ1v) is 11.6. The van der Waals surface area contributed by atoms with Crippen molar-refractivity contribution in [2.45, 2.75) is 23.7 Å². The highest BCUT2D eigenvalue weighted by molar-refractivity contribution is 7.90. The highest BCUT2D eigenvalue weighted by Crippen LogP contribution is 2.35. The van der Waals surface area contributed by atoms with E-state index >= 15 is 0 Å². The zero-order valence-corrected chi connectivity index (χ0v) is 17.3. The van der Waals surface area contributed by atoms with Crippen LogP contribution in [0.4, 0.5) is 11.4 Å². The molecule has 0 radical (unpaired) electrons. The van der Waals surface area contributed by atoms with E-state index in [4.69, 9.17) is 0 Å². The van der Waals surface area contributed by atoms with Gasteiger partial charge in [0.25, 0.3) is 5.69 Å². The summed E-state index contributed by atoms with van der Waals surface area (Å²) in [5.74, 6) is 0.972. The first-order chi connectivity index (χ1) is 14.3. The van der Waals surface area contributed by atoms with Crippen LogP contribution in [-0.2, 0) is 9.84 Å². The van der Waals surface area contributed by atoms with Gasteiger partial charge in [-0.3, -0.25) is 10.1 Å². The standard InChI is InChI=1S/C21H22N4O4S/c1-30(28,29)20-12-17(25(26)27)9-10-19(20)24-11-5-8-16(14-24)21-22-13-18(23-21)15-6-3-2-4-7-15/h2-4,6-7,9-10,12-13,16H,5,8,11,14H2,1H3,(H,22,23). The molecule has 1 aromatic heterocycles. The second-order valence-electron chi connectivity index (χ2n) is 7.51. The van der Waals surface area contributed by atoms with E-state index in [1.807, 2.05) is 41.4 Å². The van der Waals surface area contributed by atoms with Crippen LogP contribution in [0.1, 0.15) is 24.6 Å². The SMILES string of the molecule is CS(=O)(=O)c1cc([N+](=O)[O-])ccc1N1CCCC(c2ncc(-c3ccccc3)[nH]2)C1. The number of non-ortho nitro benzene ring substituents is 1. The fourth-order valence-electron chi connectivity index (χ4n) is 3.90. The smallest absolute Gasteiger partial charge is 0.270 e. The minimum atomic E-state index is -3.62. The fraction of sp³-hybridized carbons (Fsp3) is 0.286. The van der Waals surface area contributed by atoms with E-state index in [2.05, 4.69) is 9.97 Å². The number of benzene rings is 2. The average molecular weight is 426 g/mol. The Morgan fingerprint density at radius 3 is 2.67 bits per heavy atom. The summed E-state index contributed by atoms with van der Waals surface area (Å²) in [6.45, 7) is 1.27. The average Bonchev–Trinajstić information content (AvgIpc) is 3.24. The van der Waals surface area contributed by atoms with Gasteiger partial charge in [0.1, 0.15) is 5.82 Å². The lowest BCUT2D eigenvalue weighted by Gasteiger charge is -2.34. The molecule has 1 saturated heterocycles. The molecule has 2 aromatic carbocycles. The van der Waals surface area contributed by atoms with Gasteiger partial charge < -0.3 is 9.88 Å². The molecule has 0 amide bonds. The van der Waals surface area contributed by atoms with Crippen molar-refractivity contribution in [3.05, 3.63) is 70.7 Å². The molecule has 1 N–H and O–H groups in total. The van der Waals surface area contributed by atoms with Crippen LogP contribution in [0.3, 0.4) is 0 Å². The number of nitrogens with one attached hydrogen (secondary N) is 1. The lowest BCUT2D eigenvalue weighted by atomic mass is 9.97. The summed E-state index contributed by atoms with van der Waals surface area (Å²) in [4.78, 5) is 20.5. The van der Waals surface area contributed by atoms with Crippen LogP contribution in [0.5, 0.6) is 0 Å². The first-order valence-electron chi connectivity index (χ1n) is 9.66. The molecule has 1 atom stereocenters. The number of imidazole rings is 1. The van der Waals surface area contributed by atoms with E-state index in [1.54, 1.807) is 0 Å². The van der Waals surface area contributed by atoms with Gasteiger partial charge in [0.2, 0.25) is 0 Å². The third-order valence-electron chi connectivity index (χ3n) is 5.38. The van der Waals surface area contributed by atoms with Gasteiger partial charge in [-0.2, -0.15) is 0 Å². The summed E-state index contributed by atoms with van der Waals surface area (Å²) in [6, 6.07) is 14.0. The molecular weight excluding hydrogens is 404 g/mol. The van der Waals surface area contributed by atoms with Crippen LogP contribution >= 0.6 is 0 Å². The van der Waals surface area contributed by atoms with E-state index in [9.17, 15) is 18.5 Å². The second-order valence-corrected chi connectivity index (χ2v) is 9.50. The number of sulfone groups is 1. The highest BCUT2D eigenvalue weighted by Gasteiger charge is 2.28. The monoisotopic (exact) mass is 426 g/mol. The van der Waals surface area contributed by atoms with Crippen LogP contribution in [0, 0.1) is 10.1 Å². The van der Waals surface area contributed by atoms with Gasteiger partial charge in [-0.15, -0.1) is 0 Å². The number of nitro groups is 1. The number of aromatic nitrogens is 2. The molecule has 0 aliphatic carbocycles. The summed E-state index contributed by atoms with van der Waals surface area (Å²) < 4.78 is 24.6. The fourth-order valence-corrected chi connectivity index (χ4v) is 4.81. The van der Waals surface area contributed by atoms with Crippen molar-refractivity contribution in [3.63, 3.8) is 0 Å². The molecule has 1 unspecified atom stereocenters. The number of nitrogens with zero attached hydrogens (tertiary/aromatic N) is 3. The van der Waals surface area contributed by atoms with E-state index < -0.39 is 14.8 Å². The Morgan fingerprint density at radius 2 is 1.97 bits per heavy atom. The van der Waals surface area contributed by atoms with Crippen molar-refractivity contribution in [2.24, 2.45) is 0 Å². The minimum absolute atomic E-state index is 0.0123. The number of rotatable bonds is 5. The quantitative estimate of drug-likeness (QED) is 0.491. The maximum Gasteiger partial charge on any atom is 0.270 e. The Labute approximate surface area is 174 Å².